The van der Waals surface area contributed by atoms with Gasteiger partial charge >= 0.3 is 6.03 Å². The number of carbonyl (C=O) groups excluding carboxylic acids is 1. The third kappa shape index (κ3) is 3.89. The Morgan fingerprint density at radius 1 is 1.38 bits per heavy atom. The Morgan fingerprint density at radius 3 is 2.83 bits per heavy atom. The van der Waals surface area contributed by atoms with Gasteiger partial charge in [-0.3, -0.25) is 0 Å². The summed E-state index contributed by atoms with van der Waals surface area (Å²) in [7, 11) is 1.81. The first-order chi connectivity index (χ1) is 11.6. The smallest absolute Gasteiger partial charge is 0.317 e. The second-order valence-electron chi connectivity index (χ2n) is 7.17. The number of urea groups is 1. The second kappa shape index (κ2) is 7.51. The van der Waals surface area contributed by atoms with Crippen molar-refractivity contribution >= 4 is 6.03 Å². The van der Waals surface area contributed by atoms with E-state index in [1.165, 1.54) is 6.07 Å². The van der Waals surface area contributed by atoms with Gasteiger partial charge in [0.1, 0.15) is 5.82 Å². The monoisotopic (exact) mass is 334 g/mol. The maximum atomic E-state index is 13.6. The van der Waals surface area contributed by atoms with Gasteiger partial charge in [-0.1, -0.05) is 25.0 Å². The molecule has 1 atom stereocenters. The summed E-state index contributed by atoms with van der Waals surface area (Å²) >= 11 is 0. The standard InChI is InChI=1S/C19H27FN2O2/c1-22(13-17-8-5-11-24-17)18(23)21-14-19(9-2-3-10-19)15-6-4-7-16(20)12-15/h4,6-7,12,17H,2-3,5,8-11,13-14H2,1H3,(H,21,23). The van der Waals surface area contributed by atoms with E-state index < -0.39 is 0 Å². The summed E-state index contributed by atoms with van der Waals surface area (Å²) in [4.78, 5) is 14.1. The molecule has 5 heteroatoms. The van der Waals surface area contributed by atoms with Crippen LogP contribution in [0.4, 0.5) is 9.18 Å². The van der Waals surface area contributed by atoms with Crippen LogP contribution in [0.15, 0.2) is 24.3 Å². The Labute approximate surface area is 143 Å². The number of benzene rings is 1. The Hall–Kier alpha value is -1.62. The summed E-state index contributed by atoms with van der Waals surface area (Å²) < 4.78 is 19.2. The van der Waals surface area contributed by atoms with Crippen LogP contribution >= 0.6 is 0 Å². The first-order valence-electron chi connectivity index (χ1n) is 8.96. The molecule has 1 aromatic carbocycles. The van der Waals surface area contributed by atoms with E-state index in [0.29, 0.717) is 13.1 Å². The summed E-state index contributed by atoms with van der Waals surface area (Å²) in [5, 5.41) is 3.07. The lowest BCUT2D eigenvalue weighted by atomic mass is 9.79. The molecule has 2 amide bonds. The lowest BCUT2D eigenvalue weighted by Crippen LogP contribution is -2.46. The lowest BCUT2D eigenvalue weighted by Gasteiger charge is -2.31. The van der Waals surface area contributed by atoms with Gasteiger partial charge in [-0.15, -0.1) is 0 Å². The molecule has 1 heterocycles. The van der Waals surface area contributed by atoms with Crippen LogP contribution in [0, 0.1) is 5.82 Å². The van der Waals surface area contributed by atoms with Crippen molar-refractivity contribution in [1.82, 2.24) is 10.2 Å². The summed E-state index contributed by atoms with van der Waals surface area (Å²) in [5.41, 5.74) is 0.865. The third-order valence-electron chi connectivity index (χ3n) is 5.42. The maximum Gasteiger partial charge on any atom is 0.317 e. The van der Waals surface area contributed by atoms with Crippen LogP contribution in [-0.4, -0.2) is 43.8 Å². The highest BCUT2D eigenvalue weighted by molar-refractivity contribution is 5.74. The fourth-order valence-electron chi connectivity index (χ4n) is 3.99. The molecule has 1 unspecified atom stereocenters. The largest absolute Gasteiger partial charge is 0.376 e. The van der Waals surface area contributed by atoms with Gasteiger partial charge in [-0.2, -0.15) is 0 Å². The Kier molecular flexibility index (Phi) is 5.39. The molecule has 2 fully saturated rings. The number of amides is 2. The third-order valence-corrected chi connectivity index (χ3v) is 5.42. The molecule has 4 nitrogen and oxygen atoms in total. The van der Waals surface area contributed by atoms with E-state index in [0.717, 1.165) is 50.7 Å². The van der Waals surface area contributed by atoms with Crippen molar-refractivity contribution in [3.63, 3.8) is 0 Å². The van der Waals surface area contributed by atoms with Crippen molar-refractivity contribution in [2.45, 2.75) is 50.0 Å². The van der Waals surface area contributed by atoms with Gasteiger partial charge in [0.2, 0.25) is 0 Å². The van der Waals surface area contributed by atoms with Gasteiger partial charge in [0.05, 0.1) is 6.10 Å². The number of likely N-dealkylation sites (N-methyl/N-ethyl adjacent to an activating group) is 1. The van der Waals surface area contributed by atoms with Gasteiger partial charge in [-0.05, 0) is 43.4 Å². The molecule has 1 saturated heterocycles. The number of nitrogens with one attached hydrogen (secondary N) is 1. The van der Waals surface area contributed by atoms with Crippen molar-refractivity contribution in [2.24, 2.45) is 0 Å². The van der Waals surface area contributed by atoms with Gasteiger partial charge in [0.15, 0.2) is 0 Å². The molecule has 0 bridgehead atoms. The van der Waals surface area contributed by atoms with Crippen molar-refractivity contribution in [2.75, 3.05) is 26.7 Å². The average Bonchev–Trinajstić information content (AvgIpc) is 3.25. The Morgan fingerprint density at radius 2 is 2.17 bits per heavy atom. The molecular formula is C19H27FN2O2. The predicted octanol–water partition coefficient (Wildman–Crippen LogP) is 3.46. The maximum absolute atomic E-state index is 13.6. The van der Waals surface area contributed by atoms with Crippen molar-refractivity contribution in [3.8, 4) is 0 Å². The number of ether oxygens (including phenoxy) is 1. The number of carbonyl (C=O) groups is 1. The van der Waals surface area contributed by atoms with E-state index in [9.17, 15) is 9.18 Å². The van der Waals surface area contributed by atoms with Gasteiger partial charge in [-0.25, -0.2) is 9.18 Å². The molecule has 1 aliphatic heterocycles. The van der Waals surface area contributed by atoms with Crippen molar-refractivity contribution in [1.29, 1.82) is 0 Å². The highest BCUT2D eigenvalue weighted by Gasteiger charge is 2.36. The van der Waals surface area contributed by atoms with Crippen LogP contribution in [0.25, 0.3) is 0 Å². The van der Waals surface area contributed by atoms with E-state index in [1.807, 2.05) is 6.07 Å². The fourth-order valence-corrected chi connectivity index (χ4v) is 3.99. The topological polar surface area (TPSA) is 41.6 Å². The molecule has 0 spiro atoms. The van der Waals surface area contributed by atoms with Crippen molar-refractivity contribution in [3.05, 3.63) is 35.6 Å². The van der Waals surface area contributed by atoms with Crippen LogP contribution in [-0.2, 0) is 10.2 Å². The fraction of sp³-hybridized carbons (Fsp3) is 0.632. The van der Waals surface area contributed by atoms with Crippen LogP contribution in [0.3, 0.4) is 0 Å². The number of hydrogen-bond acceptors (Lipinski definition) is 2. The normalized spacial score (nSPS) is 22.5. The Balaban J connectivity index is 1.60. The van der Waals surface area contributed by atoms with Gasteiger partial charge < -0.3 is 15.0 Å². The SMILES string of the molecule is CN(CC1CCCO1)C(=O)NCC1(c2cccc(F)c2)CCCC1. The molecule has 132 valence electrons. The van der Waals surface area contributed by atoms with Crippen LogP contribution in [0.5, 0.6) is 0 Å². The zero-order valence-electron chi connectivity index (χ0n) is 14.4. The van der Waals surface area contributed by atoms with Gasteiger partial charge in [0, 0.05) is 32.2 Å². The summed E-state index contributed by atoms with van der Waals surface area (Å²) in [6, 6.07) is 6.76. The highest BCUT2D eigenvalue weighted by atomic mass is 19.1. The molecule has 1 N–H and O–H groups in total. The minimum absolute atomic E-state index is 0.0758. The number of hydrogen-bond donors (Lipinski definition) is 1. The first kappa shape index (κ1) is 17.2. The van der Waals surface area contributed by atoms with Crippen LogP contribution < -0.4 is 5.32 Å². The molecule has 1 saturated carbocycles. The van der Waals surface area contributed by atoms with E-state index in [-0.39, 0.29) is 23.4 Å². The Bertz CT molecular complexity index is 566. The lowest BCUT2D eigenvalue weighted by molar-refractivity contribution is 0.0872. The highest BCUT2D eigenvalue weighted by Crippen LogP contribution is 2.40. The van der Waals surface area contributed by atoms with E-state index in [2.05, 4.69) is 5.32 Å². The molecule has 1 aliphatic carbocycles. The predicted molar refractivity (Wildman–Crippen MR) is 91.5 cm³/mol. The van der Waals surface area contributed by atoms with E-state index >= 15 is 0 Å². The van der Waals surface area contributed by atoms with E-state index in [1.54, 1.807) is 24.1 Å². The zero-order valence-corrected chi connectivity index (χ0v) is 14.4. The number of rotatable bonds is 5. The van der Waals surface area contributed by atoms with Crippen LogP contribution in [0.2, 0.25) is 0 Å². The quantitative estimate of drug-likeness (QED) is 0.896. The molecule has 3 rings (SSSR count). The van der Waals surface area contributed by atoms with Crippen LogP contribution in [0.1, 0.15) is 44.1 Å². The summed E-state index contributed by atoms with van der Waals surface area (Å²) in [5.74, 6) is -0.208. The van der Waals surface area contributed by atoms with E-state index in [4.69, 9.17) is 4.74 Å². The number of nitrogens with zero attached hydrogens (tertiary/aromatic N) is 1. The minimum Gasteiger partial charge on any atom is -0.376 e. The number of halogens is 1. The average molecular weight is 334 g/mol. The second-order valence-corrected chi connectivity index (χ2v) is 7.17. The molecular weight excluding hydrogens is 307 g/mol. The summed E-state index contributed by atoms with van der Waals surface area (Å²) in [6.07, 6.45) is 6.48. The van der Waals surface area contributed by atoms with Gasteiger partial charge in [0.25, 0.3) is 0 Å². The first-order valence-corrected chi connectivity index (χ1v) is 8.96. The molecule has 24 heavy (non-hydrogen) atoms. The molecule has 2 aliphatic rings. The zero-order chi connectivity index (χ0) is 17.0. The minimum atomic E-state index is -0.208. The van der Waals surface area contributed by atoms with Crippen molar-refractivity contribution < 1.29 is 13.9 Å². The molecule has 1 aromatic rings. The summed E-state index contributed by atoms with van der Waals surface area (Å²) in [6.45, 7) is 1.98. The molecule has 0 aromatic heterocycles. The molecule has 0 radical (unpaired) electrons.